The molecule has 112 valence electrons. The zero-order valence-electron chi connectivity index (χ0n) is 12.9. The summed E-state index contributed by atoms with van der Waals surface area (Å²) in [6.07, 6.45) is 1.92. The molecule has 0 amide bonds. The van der Waals surface area contributed by atoms with Crippen molar-refractivity contribution >= 4 is 16.7 Å². The molecule has 0 aliphatic rings. The van der Waals surface area contributed by atoms with Gasteiger partial charge in [-0.25, -0.2) is 0 Å². The van der Waals surface area contributed by atoms with Gasteiger partial charge in [-0.2, -0.15) is 0 Å². The number of para-hydroxylation sites is 1. The van der Waals surface area contributed by atoms with E-state index in [1.54, 1.807) is 6.92 Å². The number of hydrogen-bond acceptors (Lipinski definition) is 2. The Bertz CT molecular complexity index is 817. The molecule has 0 fully saturated rings. The minimum atomic E-state index is 0.0922. The number of carbonyl (C=O) groups excluding carboxylic acids is 1. The number of aryl methyl sites for hydroxylation is 1. The summed E-state index contributed by atoms with van der Waals surface area (Å²) >= 11 is 0. The number of ketones is 1. The molecule has 0 atom stereocenters. The molecule has 0 radical (unpaired) electrons. The van der Waals surface area contributed by atoms with Gasteiger partial charge in [0.1, 0.15) is 12.4 Å². The molecule has 3 aromatic rings. The fourth-order valence-electron chi connectivity index (χ4n) is 2.68. The summed E-state index contributed by atoms with van der Waals surface area (Å²) in [5.41, 5.74) is 3.02. The number of ether oxygens (including phenoxy) is 1. The topological polar surface area (TPSA) is 31.2 Å². The number of aromatic nitrogens is 1. The van der Waals surface area contributed by atoms with Gasteiger partial charge in [-0.3, -0.25) is 4.79 Å². The molecule has 0 spiro atoms. The fourth-order valence-corrected chi connectivity index (χ4v) is 2.68. The van der Waals surface area contributed by atoms with Crippen LogP contribution in [0.2, 0.25) is 0 Å². The first kappa shape index (κ1) is 14.4. The molecule has 0 N–H and O–H groups in total. The molecule has 3 nitrogen and oxygen atoms in total. The molecular formula is C19H19NO2. The molecule has 22 heavy (non-hydrogen) atoms. The molecule has 0 bridgehead atoms. The van der Waals surface area contributed by atoms with Crippen molar-refractivity contribution in [1.29, 1.82) is 0 Å². The van der Waals surface area contributed by atoms with Crippen molar-refractivity contribution < 1.29 is 9.53 Å². The summed E-state index contributed by atoms with van der Waals surface area (Å²) in [4.78, 5) is 11.8. The number of fused-ring (bicyclic) bond motifs is 1. The lowest BCUT2D eigenvalue weighted by Crippen LogP contribution is -2.07. The van der Waals surface area contributed by atoms with Gasteiger partial charge in [0.05, 0.1) is 6.54 Å². The Morgan fingerprint density at radius 1 is 1.14 bits per heavy atom. The van der Waals surface area contributed by atoms with Crippen LogP contribution in [0, 0.1) is 6.92 Å². The molecule has 2 aromatic carbocycles. The molecule has 1 aromatic heterocycles. The highest BCUT2D eigenvalue weighted by molar-refractivity contribution is 6.06. The predicted octanol–water partition coefficient (Wildman–Crippen LogP) is 4.23. The number of nitrogens with zero attached hydrogens (tertiary/aromatic N) is 1. The normalized spacial score (nSPS) is 10.8. The van der Waals surface area contributed by atoms with Crippen molar-refractivity contribution in [2.24, 2.45) is 0 Å². The fraction of sp³-hybridized carbons (Fsp3) is 0.211. The Labute approximate surface area is 130 Å². The molecule has 0 unspecified atom stereocenters. The number of rotatable bonds is 5. The van der Waals surface area contributed by atoms with E-state index in [0.717, 1.165) is 22.2 Å². The quantitative estimate of drug-likeness (QED) is 0.659. The van der Waals surface area contributed by atoms with Crippen molar-refractivity contribution in [2.75, 3.05) is 6.61 Å². The number of benzene rings is 2. The summed E-state index contributed by atoms with van der Waals surface area (Å²) in [6, 6.07) is 16.0. The SMILES string of the molecule is CC(=O)c1cn(CCOc2cccc(C)c2)c2ccccc12. The molecule has 3 rings (SSSR count). The van der Waals surface area contributed by atoms with Crippen LogP contribution >= 0.6 is 0 Å². The van der Waals surface area contributed by atoms with Crippen molar-refractivity contribution in [3.63, 3.8) is 0 Å². The third kappa shape index (κ3) is 2.89. The van der Waals surface area contributed by atoms with Crippen LogP contribution in [-0.2, 0) is 6.54 Å². The number of Topliss-reactive ketones (excluding diaryl/α,β-unsaturated/α-hetero) is 1. The van der Waals surface area contributed by atoms with Crippen molar-refractivity contribution in [2.45, 2.75) is 20.4 Å². The zero-order valence-corrected chi connectivity index (χ0v) is 12.9. The van der Waals surface area contributed by atoms with E-state index in [4.69, 9.17) is 4.74 Å². The molecule has 1 heterocycles. The van der Waals surface area contributed by atoms with E-state index in [9.17, 15) is 4.79 Å². The Balaban J connectivity index is 1.78. The Morgan fingerprint density at radius 3 is 2.73 bits per heavy atom. The molecule has 3 heteroatoms. The van der Waals surface area contributed by atoms with E-state index in [-0.39, 0.29) is 5.78 Å². The average molecular weight is 293 g/mol. The second-order valence-corrected chi connectivity index (χ2v) is 5.47. The van der Waals surface area contributed by atoms with E-state index < -0.39 is 0 Å². The molecule has 0 aliphatic heterocycles. The maximum Gasteiger partial charge on any atom is 0.161 e. The van der Waals surface area contributed by atoms with Crippen LogP contribution in [0.1, 0.15) is 22.8 Å². The van der Waals surface area contributed by atoms with Crippen LogP contribution in [0.25, 0.3) is 10.9 Å². The van der Waals surface area contributed by atoms with Crippen LogP contribution < -0.4 is 4.74 Å². The largest absolute Gasteiger partial charge is 0.492 e. The van der Waals surface area contributed by atoms with Crippen LogP contribution in [0.15, 0.2) is 54.7 Å². The summed E-state index contributed by atoms with van der Waals surface area (Å²) < 4.78 is 7.89. The highest BCUT2D eigenvalue weighted by Crippen LogP contribution is 2.22. The van der Waals surface area contributed by atoms with E-state index >= 15 is 0 Å². The van der Waals surface area contributed by atoms with E-state index in [1.165, 1.54) is 5.56 Å². The van der Waals surface area contributed by atoms with Crippen molar-refractivity contribution in [3.8, 4) is 5.75 Å². The van der Waals surface area contributed by atoms with Gasteiger partial charge in [-0.1, -0.05) is 30.3 Å². The van der Waals surface area contributed by atoms with Gasteiger partial charge in [0, 0.05) is 22.7 Å². The van der Waals surface area contributed by atoms with Gasteiger partial charge < -0.3 is 9.30 Å². The summed E-state index contributed by atoms with van der Waals surface area (Å²) in [5, 5.41) is 1.01. The van der Waals surface area contributed by atoms with Gasteiger partial charge in [-0.05, 0) is 37.6 Å². The third-order valence-corrected chi connectivity index (χ3v) is 3.76. The van der Waals surface area contributed by atoms with Gasteiger partial charge >= 0.3 is 0 Å². The van der Waals surface area contributed by atoms with E-state index in [1.807, 2.05) is 61.7 Å². The van der Waals surface area contributed by atoms with Gasteiger partial charge in [0.25, 0.3) is 0 Å². The highest BCUT2D eigenvalue weighted by atomic mass is 16.5. The standard InChI is InChI=1S/C19H19NO2/c1-14-6-5-7-16(12-14)22-11-10-20-13-18(15(2)21)17-8-3-4-9-19(17)20/h3-9,12-13H,10-11H2,1-2H3. The maximum absolute atomic E-state index is 11.8. The monoisotopic (exact) mass is 293 g/mol. The summed E-state index contributed by atoms with van der Waals surface area (Å²) in [5.74, 6) is 0.970. The van der Waals surface area contributed by atoms with Crippen LogP contribution in [0.4, 0.5) is 0 Å². The first-order valence-corrected chi connectivity index (χ1v) is 7.43. The summed E-state index contributed by atoms with van der Waals surface area (Å²) in [6.45, 7) is 4.93. The zero-order chi connectivity index (χ0) is 15.5. The van der Waals surface area contributed by atoms with E-state index in [2.05, 4.69) is 4.57 Å². The first-order chi connectivity index (χ1) is 10.6. The Hall–Kier alpha value is -2.55. The van der Waals surface area contributed by atoms with Crippen LogP contribution in [-0.4, -0.2) is 17.0 Å². The number of carbonyl (C=O) groups is 1. The smallest absolute Gasteiger partial charge is 0.161 e. The van der Waals surface area contributed by atoms with Gasteiger partial charge in [0.15, 0.2) is 5.78 Å². The minimum absolute atomic E-state index is 0.0922. The average Bonchev–Trinajstić information content (AvgIpc) is 2.87. The first-order valence-electron chi connectivity index (χ1n) is 7.43. The second-order valence-electron chi connectivity index (χ2n) is 5.47. The van der Waals surface area contributed by atoms with E-state index in [0.29, 0.717) is 13.2 Å². The molecular weight excluding hydrogens is 274 g/mol. The molecule has 0 saturated heterocycles. The predicted molar refractivity (Wildman–Crippen MR) is 88.6 cm³/mol. The maximum atomic E-state index is 11.8. The lowest BCUT2D eigenvalue weighted by molar-refractivity contribution is 0.101. The van der Waals surface area contributed by atoms with Gasteiger partial charge in [-0.15, -0.1) is 0 Å². The number of hydrogen-bond donors (Lipinski definition) is 0. The Kier molecular flexibility index (Phi) is 3.96. The molecule has 0 saturated carbocycles. The van der Waals surface area contributed by atoms with Crippen molar-refractivity contribution in [3.05, 3.63) is 65.9 Å². The highest BCUT2D eigenvalue weighted by Gasteiger charge is 2.11. The second kappa shape index (κ2) is 6.06. The molecule has 0 aliphatic carbocycles. The summed E-state index contributed by atoms with van der Waals surface area (Å²) in [7, 11) is 0. The van der Waals surface area contributed by atoms with Gasteiger partial charge in [0.2, 0.25) is 0 Å². The third-order valence-electron chi connectivity index (χ3n) is 3.76. The van der Waals surface area contributed by atoms with Crippen LogP contribution in [0.5, 0.6) is 5.75 Å². The lowest BCUT2D eigenvalue weighted by Gasteiger charge is -2.08. The van der Waals surface area contributed by atoms with Crippen molar-refractivity contribution in [1.82, 2.24) is 4.57 Å². The lowest BCUT2D eigenvalue weighted by atomic mass is 10.1. The minimum Gasteiger partial charge on any atom is -0.492 e. The Morgan fingerprint density at radius 2 is 1.95 bits per heavy atom. The van der Waals surface area contributed by atoms with Crippen LogP contribution in [0.3, 0.4) is 0 Å².